The number of allylic oxidation sites excluding steroid dienone is 3. The first kappa shape index (κ1) is 11.6. The van der Waals surface area contributed by atoms with Crippen molar-refractivity contribution in [3.05, 3.63) is 24.3 Å². The van der Waals surface area contributed by atoms with Gasteiger partial charge in [0, 0.05) is 0 Å². The predicted octanol–water partition coefficient (Wildman–Crippen LogP) is 4.73. The third kappa shape index (κ3) is 3.69. The molecule has 0 spiro atoms. The highest BCUT2D eigenvalue weighted by Crippen LogP contribution is 2.31. The molecule has 0 amide bonds. The Labute approximate surface area is 89.1 Å². The molecule has 0 aromatic heterocycles. The van der Waals surface area contributed by atoms with Crippen molar-refractivity contribution < 1.29 is 0 Å². The third-order valence-electron chi connectivity index (χ3n) is 3.55. The summed E-state index contributed by atoms with van der Waals surface area (Å²) in [7, 11) is 0. The van der Waals surface area contributed by atoms with E-state index in [9.17, 15) is 0 Å². The van der Waals surface area contributed by atoms with Gasteiger partial charge in [0.05, 0.1) is 0 Å². The molecule has 0 nitrogen and oxygen atoms in total. The molecule has 0 saturated heterocycles. The van der Waals surface area contributed by atoms with Crippen LogP contribution in [0.4, 0.5) is 0 Å². The lowest BCUT2D eigenvalue weighted by atomic mass is 9.80. The van der Waals surface area contributed by atoms with Gasteiger partial charge in [0.15, 0.2) is 0 Å². The molecule has 1 aliphatic rings. The summed E-state index contributed by atoms with van der Waals surface area (Å²) in [5.41, 5.74) is 1.60. The average molecular weight is 192 g/mol. The highest BCUT2D eigenvalue weighted by molar-refractivity contribution is 5.03. The Kier molecular flexibility index (Phi) is 5.00. The molecule has 0 heterocycles. The zero-order valence-electron chi connectivity index (χ0n) is 9.76. The molecule has 0 radical (unpaired) electrons. The van der Waals surface area contributed by atoms with Crippen LogP contribution in [0, 0.1) is 11.8 Å². The van der Waals surface area contributed by atoms with Crippen molar-refractivity contribution in [1.82, 2.24) is 0 Å². The van der Waals surface area contributed by atoms with Crippen LogP contribution in [0.25, 0.3) is 0 Å². The second kappa shape index (κ2) is 6.06. The van der Waals surface area contributed by atoms with E-state index in [1.54, 1.807) is 5.57 Å². The minimum atomic E-state index is 0.902. The Hall–Kier alpha value is -0.520. The molecular formula is C14H24. The number of unbranched alkanes of at least 4 members (excludes halogenated alkanes) is 1. The Morgan fingerprint density at radius 2 is 2.43 bits per heavy atom. The summed E-state index contributed by atoms with van der Waals surface area (Å²) in [4.78, 5) is 0. The lowest BCUT2D eigenvalue weighted by molar-refractivity contribution is 0.305. The van der Waals surface area contributed by atoms with Crippen LogP contribution < -0.4 is 0 Å². The second-order valence-electron chi connectivity index (χ2n) is 4.78. The first-order valence-corrected chi connectivity index (χ1v) is 6.00. The second-order valence-corrected chi connectivity index (χ2v) is 4.78. The fourth-order valence-electron chi connectivity index (χ4n) is 2.32. The molecule has 0 aliphatic heterocycles. The van der Waals surface area contributed by atoms with Crippen molar-refractivity contribution in [2.45, 2.75) is 52.4 Å². The molecule has 2 atom stereocenters. The van der Waals surface area contributed by atoms with Crippen LogP contribution in [-0.2, 0) is 0 Å². The van der Waals surface area contributed by atoms with Crippen LogP contribution in [0.2, 0.25) is 0 Å². The molecule has 0 fully saturated rings. The highest BCUT2D eigenvalue weighted by Gasteiger charge is 2.18. The van der Waals surface area contributed by atoms with Crippen molar-refractivity contribution in [3.8, 4) is 0 Å². The Balaban J connectivity index is 2.24. The zero-order valence-corrected chi connectivity index (χ0v) is 9.76. The SMILES string of the molecule is C=CCCCC(C)C1CC=C(C)CC1. The van der Waals surface area contributed by atoms with Crippen LogP contribution in [0.3, 0.4) is 0 Å². The van der Waals surface area contributed by atoms with Gasteiger partial charge in [-0.15, -0.1) is 6.58 Å². The summed E-state index contributed by atoms with van der Waals surface area (Å²) in [6.45, 7) is 8.45. The summed E-state index contributed by atoms with van der Waals surface area (Å²) in [5, 5.41) is 0. The molecule has 80 valence electrons. The van der Waals surface area contributed by atoms with Crippen LogP contribution in [0.1, 0.15) is 52.4 Å². The molecule has 1 rings (SSSR count). The van der Waals surface area contributed by atoms with Crippen LogP contribution in [0.5, 0.6) is 0 Å². The van der Waals surface area contributed by atoms with Gasteiger partial charge < -0.3 is 0 Å². The van der Waals surface area contributed by atoms with Crippen LogP contribution in [0.15, 0.2) is 24.3 Å². The summed E-state index contributed by atoms with van der Waals surface area (Å²) in [5.74, 6) is 1.85. The maximum atomic E-state index is 3.77. The van der Waals surface area contributed by atoms with E-state index < -0.39 is 0 Å². The molecule has 14 heavy (non-hydrogen) atoms. The Morgan fingerprint density at radius 3 is 3.00 bits per heavy atom. The first-order valence-electron chi connectivity index (χ1n) is 6.00. The molecule has 0 aromatic rings. The number of hydrogen-bond acceptors (Lipinski definition) is 0. The highest BCUT2D eigenvalue weighted by atomic mass is 14.2. The van der Waals surface area contributed by atoms with Gasteiger partial charge in [0.1, 0.15) is 0 Å². The van der Waals surface area contributed by atoms with E-state index in [0.717, 1.165) is 11.8 Å². The third-order valence-corrected chi connectivity index (χ3v) is 3.55. The maximum Gasteiger partial charge on any atom is -0.0317 e. The summed E-state index contributed by atoms with van der Waals surface area (Å²) < 4.78 is 0. The first-order chi connectivity index (χ1) is 6.74. The summed E-state index contributed by atoms with van der Waals surface area (Å²) >= 11 is 0. The molecule has 0 aromatic carbocycles. The quantitative estimate of drug-likeness (QED) is 0.436. The Bertz CT molecular complexity index is 200. The minimum absolute atomic E-state index is 0.902. The van der Waals surface area contributed by atoms with E-state index in [0.29, 0.717) is 0 Å². The molecule has 1 aliphatic carbocycles. The number of hydrogen-bond donors (Lipinski definition) is 0. The lowest BCUT2D eigenvalue weighted by Crippen LogP contribution is -2.14. The summed E-state index contributed by atoms with van der Waals surface area (Å²) in [6.07, 6.45) is 12.4. The van der Waals surface area contributed by atoms with Gasteiger partial charge in [-0.1, -0.05) is 31.1 Å². The summed E-state index contributed by atoms with van der Waals surface area (Å²) in [6, 6.07) is 0. The molecular weight excluding hydrogens is 168 g/mol. The molecule has 2 unspecified atom stereocenters. The monoisotopic (exact) mass is 192 g/mol. The van der Waals surface area contributed by atoms with E-state index in [1.807, 2.05) is 6.08 Å². The average Bonchev–Trinajstić information content (AvgIpc) is 2.19. The van der Waals surface area contributed by atoms with E-state index in [2.05, 4.69) is 26.5 Å². The van der Waals surface area contributed by atoms with Crippen molar-refractivity contribution in [3.63, 3.8) is 0 Å². The van der Waals surface area contributed by atoms with Crippen molar-refractivity contribution in [1.29, 1.82) is 0 Å². The van der Waals surface area contributed by atoms with Gasteiger partial charge in [-0.2, -0.15) is 0 Å². The maximum absolute atomic E-state index is 3.77. The van der Waals surface area contributed by atoms with Gasteiger partial charge in [-0.3, -0.25) is 0 Å². The smallest absolute Gasteiger partial charge is 0.0317 e. The molecule has 0 bridgehead atoms. The van der Waals surface area contributed by atoms with E-state index in [-0.39, 0.29) is 0 Å². The van der Waals surface area contributed by atoms with E-state index >= 15 is 0 Å². The minimum Gasteiger partial charge on any atom is -0.103 e. The standard InChI is InChI=1S/C14H24/c1-4-5-6-7-13(3)14-10-8-12(2)9-11-14/h4,8,13-14H,1,5-7,9-11H2,2-3H3. The number of rotatable bonds is 5. The fraction of sp³-hybridized carbons (Fsp3) is 0.714. The van der Waals surface area contributed by atoms with Crippen molar-refractivity contribution >= 4 is 0 Å². The molecule has 0 N–H and O–H groups in total. The van der Waals surface area contributed by atoms with Crippen LogP contribution in [-0.4, -0.2) is 0 Å². The largest absolute Gasteiger partial charge is 0.103 e. The molecule has 0 saturated carbocycles. The molecule has 0 heteroatoms. The van der Waals surface area contributed by atoms with Crippen molar-refractivity contribution in [2.75, 3.05) is 0 Å². The fourth-order valence-corrected chi connectivity index (χ4v) is 2.32. The predicted molar refractivity (Wildman–Crippen MR) is 64.3 cm³/mol. The van der Waals surface area contributed by atoms with Gasteiger partial charge >= 0.3 is 0 Å². The van der Waals surface area contributed by atoms with Gasteiger partial charge in [-0.05, 0) is 50.9 Å². The van der Waals surface area contributed by atoms with E-state index in [4.69, 9.17) is 0 Å². The van der Waals surface area contributed by atoms with Gasteiger partial charge in [-0.25, -0.2) is 0 Å². The van der Waals surface area contributed by atoms with Crippen molar-refractivity contribution in [2.24, 2.45) is 11.8 Å². The van der Waals surface area contributed by atoms with Gasteiger partial charge in [0.2, 0.25) is 0 Å². The lowest BCUT2D eigenvalue weighted by Gasteiger charge is -2.26. The van der Waals surface area contributed by atoms with E-state index in [1.165, 1.54) is 38.5 Å². The van der Waals surface area contributed by atoms with Crippen LogP contribution >= 0.6 is 0 Å². The zero-order chi connectivity index (χ0) is 10.4. The van der Waals surface area contributed by atoms with Gasteiger partial charge in [0.25, 0.3) is 0 Å². The normalized spacial score (nSPS) is 24.1. The topological polar surface area (TPSA) is 0 Å². The Morgan fingerprint density at radius 1 is 1.64 bits per heavy atom.